The summed E-state index contributed by atoms with van der Waals surface area (Å²) in [7, 11) is 1.22. The Morgan fingerprint density at radius 2 is 2.67 bits per heavy atom. The second kappa shape index (κ2) is 4.20. The topological polar surface area (TPSA) is 12.0 Å². The smallest absolute Gasteiger partial charge is 0.188 e. The highest BCUT2D eigenvalue weighted by molar-refractivity contribution is 14.1. The Morgan fingerprint density at radius 3 is 3.22 bits per heavy atom. The maximum atomic E-state index is 3.38. The van der Waals surface area contributed by atoms with E-state index in [1.807, 2.05) is 0 Å². The molecular weight excluding hydrogens is 224 g/mol. The van der Waals surface area contributed by atoms with E-state index in [-0.39, 0.29) is 0 Å². The summed E-state index contributed by atoms with van der Waals surface area (Å²) in [6.45, 7) is 1.18. The Balaban J connectivity index is 2.28. The zero-order valence-corrected chi connectivity index (χ0v) is 7.65. The minimum absolute atomic E-state index is 1.18. The predicted molar refractivity (Wildman–Crippen MR) is 51.4 cm³/mol. The van der Waals surface area contributed by atoms with E-state index in [0.717, 1.165) is 0 Å². The van der Waals surface area contributed by atoms with Gasteiger partial charge < -0.3 is 5.32 Å². The molecule has 0 aromatic rings. The van der Waals surface area contributed by atoms with Crippen LogP contribution in [0.2, 0.25) is 0 Å². The van der Waals surface area contributed by atoms with Crippen molar-refractivity contribution in [2.24, 2.45) is 0 Å². The maximum Gasteiger partial charge on any atom is 0.188 e. The molecule has 0 atom stereocenters. The highest BCUT2D eigenvalue weighted by atomic mass is 127. The van der Waals surface area contributed by atoms with Gasteiger partial charge in [-0.1, -0.05) is 28.7 Å². The van der Waals surface area contributed by atoms with Crippen molar-refractivity contribution in [2.75, 3.05) is 10.9 Å². The summed E-state index contributed by atoms with van der Waals surface area (Å²) in [5, 5.41) is 3.38. The van der Waals surface area contributed by atoms with Crippen molar-refractivity contribution in [3.63, 3.8) is 0 Å². The zero-order chi connectivity index (χ0) is 6.53. The molecule has 0 spiro atoms. The van der Waals surface area contributed by atoms with Crippen LogP contribution in [0, 0.1) is 0 Å². The number of allylic oxidation sites excluding steroid dienone is 1. The van der Waals surface area contributed by atoms with Crippen molar-refractivity contribution >= 4 is 29.9 Å². The normalized spacial score (nSPS) is 18.1. The van der Waals surface area contributed by atoms with Crippen molar-refractivity contribution in [3.05, 3.63) is 11.7 Å². The fourth-order valence-corrected chi connectivity index (χ4v) is 1.57. The molecule has 0 bridgehead atoms. The number of hydrogen-bond acceptors (Lipinski definition) is 1. The standard InChI is InChI=1S/C6H11BIN/c8-5-7-6-3-1-2-4-9-6/h3,7,9H,1-2,4-5H2. The van der Waals surface area contributed by atoms with Gasteiger partial charge in [-0.05, 0) is 22.8 Å². The van der Waals surface area contributed by atoms with E-state index in [9.17, 15) is 0 Å². The van der Waals surface area contributed by atoms with E-state index in [2.05, 4.69) is 34.0 Å². The summed E-state index contributed by atoms with van der Waals surface area (Å²) < 4.78 is 1.23. The van der Waals surface area contributed by atoms with Crippen molar-refractivity contribution in [3.8, 4) is 0 Å². The third-order valence-corrected chi connectivity index (χ3v) is 2.03. The number of nitrogens with one attached hydrogen (secondary N) is 1. The molecule has 0 amide bonds. The molecule has 9 heavy (non-hydrogen) atoms. The van der Waals surface area contributed by atoms with Crippen LogP contribution in [0.1, 0.15) is 12.8 Å². The molecule has 1 aliphatic rings. The van der Waals surface area contributed by atoms with Crippen LogP contribution in [-0.4, -0.2) is 18.2 Å². The summed E-state index contributed by atoms with van der Waals surface area (Å²) in [5.74, 6) is 0. The molecule has 0 aromatic heterocycles. The van der Waals surface area contributed by atoms with Gasteiger partial charge in [0.25, 0.3) is 0 Å². The highest BCUT2D eigenvalue weighted by Crippen LogP contribution is 2.01. The first-order chi connectivity index (χ1) is 4.43. The second-order valence-electron chi connectivity index (χ2n) is 2.24. The Hall–Kier alpha value is 0.335. The maximum absolute atomic E-state index is 3.38. The molecule has 50 valence electrons. The van der Waals surface area contributed by atoms with Gasteiger partial charge in [0.1, 0.15) is 0 Å². The molecular formula is C6H11BIN. The molecule has 1 heterocycles. The van der Waals surface area contributed by atoms with Crippen LogP contribution in [0.15, 0.2) is 11.7 Å². The SMILES string of the molecule is ICBC1=CCCCN1. The van der Waals surface area contributed by atoms with Gasteiger partial charge >= 0.3 is 0 Å². The van der Waals surface area contributed by atoms with Gasteiger partial charge in [0.2, 0.25) is 0 Å². The lowest BCUT2D eigenvalue weighted by Crippen LogP contribution is -2.23. The third-order valence-electron chi connectivity index (χ3n) is 1.49. The lowest BCUT2D eigenvalue weighted by atomic mass is 9.76. The molecule has 1 aliphatic heterocycles. The van der Waals surface area contributed by atoms with Gasteiger partial charge in [0.15, 0.2) is 7.28 Å². The first-order valence-electron chi connectivity index (χ1n) is 3.42. The van der Waals surface area contributed by atoms with E-state index in [4.69, 9.17) is 0 Å². The van der Waals surface area contributed by atoms with Crippen molar-refractivity contribution in [2.45, 2.75) is 12.8 Å². The monoisotopic (exact) mass is 235 g/mol. The Kier molecular flexibility index (Phi) is 3.47. The lowest BCUT2D eigenvalue weighted by Gasteiger charge is -2.13. The molecule has 0 fully saturated rings. The summed E-state index contributed by atoms with van der Waals surface area (Å²) in [6, 6.07) is 0. The largest absolute Gasteiger partial charge is 0.396 e. The van der Waals surface area contributed by atoms with Crippen LogP contribution in [0.4, 0.5) is 0 Å². The van der Waals surface area contributed by atoms with Crippen molar-refractivity contribution in [1.82, 2.24) is 5.32 Å². The van der Waals surface area contributed by atoms with Gasteiger partial charge in [-0.2, -0.15) is 0 Å². The highest BCUT2D eigenvalue weighted by Gasteiger charge is 2.00. The van der Waals surface area contributed by atoms with E-state index in [1.54, 1.807) is 0 Å². The van der Waals surface area contributed by atoms with Gasteiger partial charge in [-0.3, -0.25) is 0 Å². The fraction of sp³-hybridized carbons (Fsp3) is 0.667. The Morgan fingerprint density at radius 1 is 1.78 bits per heavy atom. The summed E-state index contributed by atoms with van der Waals surface area (Å²) in [6.07, 6.45) is 4.91. The molecule has 1 nitrogen and oxygen atoms in total. The van der Waals surface area contributed by atoms with E-state index < -0.39 is 0 Å². The van der Waals surface area contributed by atoms with Crippen LogP contribution < -0.4 is 5.32 Å². The molecule has 0 aliphatic carbocycles. The van der Waals surface area contributed by atoms with Gasteiger partial charge in [0.05, 0.1) is 0 Å². The van der Waals surface area contributed by atoms with Crippen LogP contribution in [0.3, 0.4) is 0 Å². The zero-order valence-electron chi connectivity index (χ0n) is 5.49. The molecule has 1 N–H and O–H groups in total. The average Bonchev–Trinajstić information content (AvgIpc) is 1.91. The third kappa shape index (κ3) is 2.60. The lowest BCUT2D eigenvalue weighted by molar-refractivity contribution is 0.715. The fourth-order valence-electron chi connectivity index (χ4n) is 0.992. The molecule has 0 saturated heterocycles. The Labute approximate surface area is 70.7 Å². The first-order valence-corrected chi connectivity index (χ1v) is 4.95. The quantitative estimate of drug-likeness (QED) is 0.428. The summed E-state index contributed by atoms with van der Waals surface area (Å²) in [4.78, 5) is 0. The summed E-state index contributed by atoms with van der Waals surface area (Å²) >= 11 is 2.41. The summed E-state index contributed by atoms with van der Waals surface area (Å²) in [5.41, 5.74) is 1.45. The van der Waals surface area contributed by atoms with Crippen molar-refractivity contribution in [1.29, 1.82) is 0 Å². The number of hydrogen-bond donors (Lipinski definition) is 1. The molecule has 3 heteroatoms. The minimum Gasteiger partial charge on any atom is -0.396 e. The minimum atomic E-state index is 1.18. The van der Waals surface area contributed by atoms with Crippen LogP contribution >= 0.6 is 22.6 Å². The second-order valence-corrected chi connectivity index (χ2v) is 3.32. The molecule has 1 rings (SSSR count). The molecule has 0 radical (unpaired) electrons. The molecule has 0 aromatic carbocycles. The van der Waals surface area contributed by atoms with Crippen LogP contribution in [0.25, 0.3) is 0 Å². The average molecular weight is 235 g/mol. The van der Waals surface area contributed by atoms with E-state index in [1.165, 1.54) is 36.6 Å². The first kappa shape index (κ1) is 7.44. The van der Waals surface area contributed by atoms with E-state index in [0.29, 0.717) is 0 Å². The number of halogens is 1. The predicted octanol–water partition coefficient (Wildman–Crippen LogP) is 1.04. The van der Waals surface area contributed by atoms with Gasteiger partial charge in [0, 0.05) is 6.54 Å². The number of rotatable bonds is 2. The molecule has 0 unspecified atom stereocenters. The van der Waals surface area contributed by atoms with Crippen LogP contribution in [0.5, 0.6) is 0 Å². The van der Waals surface area contributed by atoms with E-state index >= 15 is 0 Å². The van der Waals surface area contributed by atoms with Crippen molar-refractivity contribution < 1.29 is 0 Å². The van der Waals surface area contributed by atoms with Crippen LogP contribution in [-0.2, 0) is 0 Å². The Bertz CT molecular complexity index is 114. The van der Waals surface area contributed by atoms with Gasteiger partial charge in [-0.15, -0.1) is 0 Å². The number of alkyl halides is 1. The van der Waals surface area contributed by atoms with Gasteiger partial charge in [-0.25, -0.2) is 0 Å². The molecule has 0 saturated carbocycles.